The van der Waals surface area contributed by atoms with E-state index in [1.807, 2.05) is 0 Å². The fourth-order valence-electron chi connectivity index (χ4n) is 2.05. The monoisotopic (exact) mass is 367 g/mol. The average molecular weight is 367 g/mol. The molecule has 25 heavy (non-hydrogen) atoms. The maximum atomic E-state index is 12.3. The van der Waals surface area contributed by atoms with Gasteiger partial charge in [0.15, 0.2) is 11.5 Å². The van der Waals surface area contributed by atoms with Crippen LogP contribution < -0.4 is 15.2 Å². The van der Waals surface area contributed by atoms with Crippen LogP contribution in [-0.2, 0) is 0 Å². The van der Waals surface area contributed by atoms with Gasteiger partial charge in [0.25, 0.3) is 0 Å². The zero-order valence-corrected chi connectivity index (χ0v) is 12.2. The Labute approximate surface area is 137 Å². The molecule has 0 bridgehead atoms. The highest BCUT2D eigenvalue weighted by Crippen LogP contribution is 2.38. The summed E-state index contributed by atoms with van der Waals surface area (Å²) in [6, 6.07) is 6.65. The molecule has 0 aliphatic rings. The number of nitrogens with two attached hydrogens (primary N) is 1. The molecular formula is C15H11F6NO3. The number of halogens is 6. The van der Waals surface area contributed by atoms with Crippen molar-refractivity contribution < 1.29 is 40.9 Å². The molecule has 3 N–H and O–H groups in total. The third-order valence-corrected chi connectivity index (χ3v) is 3.06. The van der Waals surface area contributed by atoms with E-state index in [1.165, 1.54) is 24.3 Å². The van der Waals surface area contributed by atoms with Gasteiger partial charge in [0.05, 0.1) is 6.04 Å². The molecule has 0 heterocycles. The minimum atomic E-state index is -5.00. The Morgan fingerprint density at radius 1 is 0.840 bits per heavy atom. The number of phenols is 1. The quantitative estimate of drug-likeness (QED) is 0.794. The van der Waals surface area contributed by atoms with Crippen LogP contribution in [0, 0.1) is 0 Å². The van der Waals surface area contributed by atoms with Gasteiger partial charge in [-0.25, -0.2) is 0 Å². The lowest BCUT2D eigenvalue weighted by Gasteiger charge is -2.18. The minimum absolute atomic E-state index is 0.0914. The minimum Gasteiger partial charge on any atom is -0.504 e. The maximum absolute atomic E-state index is 12.3. The summed E-state index contributed by atoms with van der Waals surface area (Å²) in [6.07, 6.45) is -9.86. The van der Waals surface area contributed by atoms with Crippen LogP contribution in [0.4, 0.5) is 26.3 Å². The lowest BCUT2D eigenvalue weighted by atomic mass is 9.98. The largest absolute Gasteiger partial charge is 0.573 e. The van der Waals surface area contributed by atoms with Gasteiger partial charge in [0.2, 0.25) is 0 Å². The SMILES string of the molecule is N[C@@H](c1ccc(OC(F)(F)F)cc1)c1cccc(OC(F)(F)F)c1O. The molecule has 2 rings (SSSR count). The van der Waals surface area contributed by atoms with Crippen LogP contribution in [-0.4, -0.2) is 17.8 Å². The standard InChI is InChI=1S/C15H11F6NO3/c16-14(17,18)24-9-6-4-8(5-7-9)12(22)10-2-1-3-11(13(10)23)25-15(19,20)21/h1-7,12,23H,22H2/t12-/m0/s1. The average Bonchev–Trinajstić information content (AvgIpc) is 2.46. The Balaban J connectivity index is 2.26. The van der Waals surface area contributed by atoms with E-state index in [0.29, 0.717) is 0 Å². The maximum Gasteiger partial charge on any atom is 0.573 e. The molecule has 2 aromatic carbocycles. The van der Waals surface area contributed by atoms with Crippen molar-refractivity contribution in [3.63, 3.8) is 0 Å². The van der Waals surface area contributed by atoms with E-state index in [0.717, 1.165) is 18.2 Å². The molecule has 0 saturated carbocycles. The van der Waals surface area contributed by atoms with Gasteiger partial charge in [-0.05, 0) is 23.8 Å². The Hall–Kier alpha value is -2.62. The van der Waals surface area contributed by atoms with Crippen molar-refractivity contribution in [2.24, 2.45) is 5.73 Å². The number of hydrogen-bond donors (Lipinski definition) is 2. The van der Waals surface area contributed by atoms with Gasteiger partial charge in [-0.3, -0.25) is 0 Å². The van der Waals surface area contributed by atoms with Gasteiger partial charge < -0.3 is 20.3 Å². The summed E-state index contributed by atoms with van der Waals surface area (Å²) in [6.45, 7) is 0. The van der Waals surface area contributed by atoms with E-state index in [4.69, 9.17) is 5.73 Å². The second-order valence-electron chi connectivity index (χ2n) is 4.84. The molecule has 0 saturated heterocycles. The van der Waals surface area contributed by atoms with Crippen molar-refractivity contribution in [2.45, 2.75) is 18.8 Å². The number of benzene rings is 2. The lowest BCUT2D eigenvalue weighted by molar-refractivity contribution is -0.275. The van der Waals surface area contributed by atoms with Gasteiger partial charge in [0, 0.05) is 5.56 Å². The van der Waals surface area contributed by atoms with Gasteiger partial charge in [-0.2, -0.15) is 0 Å². The molecule has 2 aromatic rings. The predicted molar refractivity (Wildman–Crippen MR) is 73.9 cm³/mol. The molecule has 0 fully saturated rings. The molecule has 10 heteroatoms. The molecule has 1 atom stereocenters. The second kappa shape index (κ2) is 6.71. The lowest BCUT2D eigenvalue weighted by Crippen LogP contribution is -2.18. The molecule has 0 aliphatic carbocycles. The zero-order chi connectivity index (χ0) is 18.8. The van der Waals surface area contributed by atoms with E-state index in [-0.39, 0.29) is 11.1 Å². The summed E-state index contributed by atoms with van der Waals surface area (Å²) in [5.41, 5.74) is 6.02. The number of aromatic hydroxyl groups is 1. The molecule has 4 nitrogen and oxygen atoms in total. The summed E-state index contributed by atoms with van der Waals surface area (Å²) < 4.78 is 80.6. The number of ether oxygens (including phenoxy) is 2. The van der Waals surface area contributed by atoms with Crippen molar-refractivity contribution in [1.29, 1.82) is 0 Å². The summed E-state index contributed by atoms with van der Waals surface area (Å²) in [7, 11) is 0. The Bertz CT molecular complexity index is 728. The third-order valence-electron chi connectivity index (χ3n) is 3.06. The predicted octanol–water partition coefficient (Wildman–Crippen LogP) is 4.24. The summed E-state index contributed by atoms with van der Waals surface area (Å²) >= 11 is 0. The van der Waals surface area contributed by atoms with Crippen LogP contribution in [0.25, 0.3) is 0 Å². The van der Waals surface area contributed by atoms with Crippen LogP contribution in [0.5, 0.6) is 17.2 Å². The van der Waals surface area contributed by atoms with Crippen LogP contribution in [0.3, 0.4) is 0 Å². The summed E-state index contributed by atoms with van der Waals surface area (Å²) in [5, 5.41) is 9.91. The molecule has 0 amide bonds. The Morgan fingerprint density at radius 3 is 1.92 bits per heavy atom. The summed E-state index contributed by atoms with van der Waals surface area (Å²) in [5.74, 6) is -2.14. The number of rotatable bonds is 4. The van der Waals surface area contributed by atoms with E-state index < -0.39 is 36.0 Å². The normalized spacial score (nSPS) is 13.4. The first kappa shape index (κ1) is 18.7. The van der Waals surface area contributed by atoms with Crippen LogP contribution >= 0.6 is 0 Å². The van der Waals surface area contributed by atoms with Crippen molar-refractivity contribution in [2.75, 3.05) is 0 Å². The second-order valence-corrected chi connectivity index (χ2v) is 4.84. The molecule has 0 radical (unpaired) electrons. The smallest absolute Gasteiger partial charge is 0.504 e. The van der Waals surface area contributed by atoms with Crippen molar-refractivity contribution in [1.82, 2.24) is 0 Å². The fourth-order valence-corrected chi connectivity index (χ4v) is 2.05. The van der Waals surface area contributed by atoms with Crippen LogP contribution in [0.2, 0.25) is 0 Å². The van der Waals surface area contributed by atoms with E-state index >= 15 is 0 Å². The van der Waals surface area contributed by atoms with E-state index in [2.05, 4.69) is 9.47 Å². The Kier molecular flexibility index (Phi) is 5.02. The molecule has 0 aromatic heterocycles. The van der Waals surface area contributed by atoms with Gasteiger partial charge in [-0.15, -0.1) is 26.3 Å². The molecule has 0 unspecified atom stereocenters. The topological polar surface area (TPSA) is 64.7 Å². The highest BCUT2D eigenvalue weighted by atomic mass is 19.4. The van der Waals surface area contributed by atoms with E-state index in [9.17, 15) is 31.4 Å². The third kappa shape index (κ3) is 5.18. The van der Waals surface area contributed by atoms with Gasteiger partial charge >= 0.3 is 12.7 Å². The number of para-hydroxylation sites is 1. The van der Waals surface area contributed by atoms with E-state index in [1.54, 1.807) is 0 Å². The van der Waals surface area contributed by atoms with Crippen LogP contribution in [0.15, 0.2) is 42.5 Å². The zero-order valence-electron chi connectivity index (χ0n) is 12.2. The first-order valence-corrected chi connectivity index (χ1v) is 6.65. The highest BCUT2D eigenvalue weighted by Gasteiger charge is 2.33. The molecular weight excluding hydrogens is 356 g/mol. The number of phenolic OH excluding ortho intramolecular Hbond substituents is 1. The van der Waals surface area contributed by atoms with Crippen molar-refractivity contribution >= 4 is 0 Å². The molecule has 0 aliphatic heterocycles. The molecule has 136 valence electrons. The van der Waals surface area contributed by atoms with Crippen LogP contribution in [0.1, 0.15) is 17.2 Å². The van der Waals surface area contributed by atoms with Crippen molar-refractivity contribution in [3.05, 3.63) is 53.6 Å². The first-order chi connectivity index (χ1) is 11.5. The first-order valence-electron chi connectivity index (χ1n) is 6.65. The highest BCUT2D eigenvalue weighted by molar-refractivity contribution is 5.50. The fraction of sp³-hybridized carbons (Fsp3) is 0.200. The summed E-state index contributed by atoms with van der Waals surface area (Å²) in [4.78, 5) is 0. The Morgan fingerprint density at radius 2 is 1.40 bits per heavy atom. The number of hydrogen-bond acceptors (Lipinski definition) is 4. The van der Waals surface area contributed by atoms with Gasteiger partial charge in [-0.1, -0.05) is 24.3 Å². The van der Waals surface area contributed by atoms with Crippen molar-refractivity contribution in [3.8, 4) is 17.2 Å². The number of alkyl halides is 6. The van der Waals surface area contributed by atoms with Gasteiger partial charge in [0.1, 0.15) is 5.75 Å². The molecule has 0 spiro atoms.